The van der Waals surface area contributed by atoms with E-state index in [-0.39, 0.29) is 5.56 Å². The highest BCUT2D eigenvalue weighted by atomic mass is 35.5. The molecular weight excluding hydrogens is 218 g/mol. The molecule has 1 aromatic carbocycles. The lowest BCUT2D eigenvalue weighted by atomic mass is 10.1. The van der Waals surface area contributed by atoms with E-state index in [9.17, 15) is 4.79 Å². The summed E-state index contributed by atoms with van der Waals surface area (Å²) in [6, 6.07) is 9.26. The number of halogens is 1. The molecule has 0 saturated carbocycles. The van der Waals surface area contributed by atoms with Crippen LogP contribution < -0.4 is 5.56 Å². The van der Waals surface area contributed by atoms with Gasteiger partial charge in [0.25, 0.3) is 5.56 Å². The van der Waals surface area contributed by atoms with Gasteiger partial charge in [-0.05, 0) is 17.7 Å². The van der Waals surface area contributed by atoms with Crippen LogP contribution in [-0.2, 0) is 6.42 Å². The Kier molecular flexibility index (Phi) is 2.70. The van der Waals surface area contributed by atoms with Crippen LogP contribution in [0.15, 0.2) is 35.1 Å². The molecule has 0 amide bonds. The van der Waals surface area contributed by atoms with Gasteiger partial charge in [-0.1, -0.05) is 35.3 Å². The lowest BCUT2D eigenvalue weighted by Gasteiger charge is -1.97. The predicted octanol–water partition coefficient (Wildman–Crippen LogP) is 2.68. The molecule has 0 aliphatic rings. The van der Waals surface area contributed by atoms with Crippen molar-refractivity contribution in [2.24, 2.45) is 0 Å². The third-order valence-electron chi connectivity index (χ3n) is 1.87. The smallest absolute Gasteiger partial charge is 0.258 e. The van der Waals surface area contributed by atoms with Crippen molar-refractivity contribution in [3.05, 3.63) is 56.1 Å². The first-order valence-electron chi connectivity index (χ1n) is 4.16. The Hall–Kier alpha value is -1.06. The molecule has 0 fully saturated rings. The molecule has 14 heavy (non-hydrogen) atoms. The molecule has 1 heterocycles. The molecular formula is C10H8ClNOS. The van der Waals surface area contributed by atoms with E-state index < -0.39 is 0 Å². The topological polar surface area (TPSA) is 32.9 Å². The molecule has 2 nitrogen and oxygen atoms in total. The number of hydrogen-bond acceptors (Lipinski definition) is 2. The van der Waals surface area contributed by atoms with E-state index in [1.165, 1.54) is 11.5 Å². The highest BCUT2D eigenvalue weighted by Gasteiger charge is 1.99. The zero-order valence-electron chi connectivity index (χ0n) is 7.29. The van der Waals surface area contributed by atoms with E-state index in [1.807, 2.05) is 24.3 Å². The number of rotatable bonds is 2. The van der Waals surface area contributed by atoms with Crippen LogP contribution in [0.25, 0.3) is 0 Å². The van der Waals surface area contributed by atoms with Crippen molar-refractivity contribution in [1.29, 1.82) is 0 Å². The summed E-state index contributed by atoms with van der Waals surface area (Å²) in [5.41, 5.74) is 1.13. The number of aromatic nitrogens is 1. The van der Waals surface area contributed by atoms with Gasteiger partial charge in [-0.25, -0.2) is 0 Å². The van der Waals surface area contributed by atoms with E-state index in [1.54, 1.807) is 6.07 Å². The van der Waals surface area contributed by atoms with Crippen LogP contribution in [0.4, 0.5) is 0 Å². The van der Waals surface area contributed by atoms with Gasteiger partial charge in [-0.2, -0.15) is 0 Å². The van der Waals surface area contributed by atoms with Gasteiger partial charge in [-0.3, -0.25) is 9.17 Å². The number of nitrogens with one attached hydrogen (secondary N) is 1. The summed E-state index contributed by atoms with van der Waals surface area (Å²) < 4.78 is 2.66. The first-order valence-corrected chi connectivity index (χ1v) is 5.35. The summed E-state index contributed by atoms with van der Waals surface area (Å²) in [4.78, 5) is 11.9. The highest BCUT2D eigenvalue weighted by Crippen LogP contribution is 2.14. The van der Waals surface area contributed by atoms with Gasteiger partial charge in [0.15, 0.2) is 0 Å². The van der Waals surface area contributed by atoms with E-state index in [0.29, 0.717) is 0 Å². The molecule has 1 N–H and O–H groups in total. The van der Waals surface area contributed by atoms with Crippen molar-refractivity contribution in [1.82, 2.24) is 4.37 Å². The average Bonchev–Trinajstić information content (AvgIpc) is 2.56. The lowest BCUT2D eigenvalue weighted by molar-refractivity contribution is 1.24. The number of H-pyrrole nitrogens is 1. The molecule has 72 valence electrons. The van der Waals surface area contributed by atoms with Gasteiger partial charge in [0.05, 0.1) is 0 Å². The fourth-order valence-electron chi connectivity index (χ4n) is 1.21. The van der Waals surface area contributed by atoms with E-state index in [2.05, 4.69) is 4.37 Å². The maximum absolute atomic E-state index is 10.9. The number of benzene rings is 1. The van der Waals surface area contributed by atoms with Crippen molar-refractivity contribution < 1.29 is 0 Å². The summed E-state index contributed by atoms with van der Waals surface area (Å²) >= 11 is 7.14. The normalized spacial score (nSPS) is 10.4. The van der Waals surface area contributed by atoms with Crippen LogP contribution in [-0.4, -0.2) is 4.37 Å². The second kappa shape index (κ2) is 3.98. The average molecular weight is 226 g/mol. The van der Waals surface area contributed by atoms with Crippen LogP contribution in [0.3, 0.4) is 0 Å². The van der Waals surface area contributed by atoms with Gasteiger partial charge in [0.2, 0.25) is 0 Å². The highest BCUT2D eigenvalue weighted by molar-refractivity contribution is 7.05. The van der Waals surface area contributed by atoms with Crippen molar-refractivity contribution in [3.63, 3.8) is 0 Å². The first kappa shape index (κ1) is 9.49. The molecule has 2 aromatic rings. The Morgan fingerprint density at radius 2 is 2.00 bits per heavy atom. The third-order valence-corrected chi connectivity index (χ3v) is 2.95. The molecule has 0 radical (unpaired) electrons. The molecule has 0 atom stereocenters. The standard InChI is InChI=1S/C10H8ClNOS/c11-8-3-1-7(2-4-8)5-9-6-10(13)12-14-9/h1-4,6H,5H2,(H,12,13). The fourth-order valence-corrected chi connectivity index (χ4v) is 2.03. The molecule has 0 aliphatic heterocycles. The maximum Gasteiger partial charge on any atom is 0.258 e. The van der Waals surface area contributed by atoms with Gasteiger partial charge >= 0.3 is 0 Å². The van der Waals surface area contributed by atoms with Gasteiger partial charge in [0.1, 0.15) is 0 Å². The summed E-state index contributed by atoms with van der Waals surface area (Å²) in [5, 5.41) is 0.732. The molecule has 1 aromatic heterocycles. The van der Waals surface area contributed by atoms with Gasteiger partial charge < -0.3 is 0 Å². The summed E-state index contributed by atoms with van der Waals surface area (Å²) in [7, 11) is 0. The molecule has 0 aliphatic carbocycles. The minimum atomic E-state index is -0.0287. The largest absolute Gasteiger partial charge is 0.278 e. The molecule has 0 saturated heterocycles. The van der Waals surface area contributed by atoms with E-state index >= 15 is 0 Å². The quantitative estimate of drug-likeness (QED) is 0.838. The van der Waals surface area contributed by atoms with Crippen molar-refractivity contribution in [2.75, 3.05) is 0 Å². The molecule has 2 rings (SSSR count). The molecule has 4 heteroatoms. The van der Waals surface area contributed by atoms with Crippen LogP contribution >= 0.6 is 23.1 Å². The van der Waals surface area contributed by atoms with Crippen LogP contribution in [0, 0.1) is 0 Å². The monoisotopic (exact) mass is 225 g/mol. The Bertz CT molecular complexity index is 471. The predicted molar refractivity (Wildman–Crippen MR) is 59.2 cm³/mol. The van der Waals surface area contributed by atoms with Crippen molar-refractivity contribution in [3.8, 4) is 0 Å². The molecule has 0 unspecified atom stereocenters. The lowest BCUT2D eigenvalue weighted by Crippen LogP contribution is -1.93. The van der Waals surface area contributed by atoms with E-state index in [0.717, 1.165) is 21.9 Å². The maximum atomic E-state index is 10.9. The zero-order valence-corrected chi connectivity index (χ0v) is 8.86. The second-order valence-corrected chi connectivity index (χ2v) is 4.35. The Morgan fingerprint density at radius 1 is 1.29 bits per heavy atom. The first-order chi connectivity index (χ1) is 6.74. The Labute approximate surface area is 90.3 Å². The zero-order chi connectivity index (χ0) is 9.97. The second-order valence-electron chi connectivity index (χ2n) is 2.98. The summed E-state index contributed by atoms with van der Waals surface area (Å²) in [5.74, 6) is 0. The summed E-state index contributed by atoms with van der Waals surface area (Å²) in [6.45, 7) is 0. The minimum absolute atomic E-state index is 0.0287. The minimum Gasteiger partial charge on any atom is -0.278 e. The Balaban J connectivity index is 2.19. The van der Waals surface area contributed by atoms with Crippen LogP contribution in [0.1, 0.15) is 10.4 Å². The molecule has 0 bridgehead atoms. The van der Waals surface area contributed by atoms with Gasteiger partial charge in [-0.15, -0.1) is 0 Å². The van der Waals surface area contributed by atoms with Crippen molar-refractivity contribution in [2.45, 2.75) is 6.42 Å². The van der Waals surface area contributed by atoms with Crippen LogP contribution in [0.5, 0.6) is 0 Å². The fraction of sp³-hybridized carbons (Fsp3) is 0.100. The Morgan fingerprint density at radius 3 is 2.57 bits per heavy atom. The third kappa shape index (κ3) is 2.25. The SMILES string of the molecule is O=c1cc(Cc2ccc(Cl)cc2)s[nH]1. The number of hydrogen-bond donors (Lipinski definition) is 1. The van der Waals surface area contributed by atoms with Gasteiger partial charge in [0, 0.05) is 22.4 Å². The van der Waals surface area contributed by atoms with Crippen molar-refractivity contribution >= 4 is 23.1 Å². The number of aromatic amines is 1. The summed E-state index contributed by atoms with van der Waals surface area (Å²) in [6.07, 6.45) is 0.778. The van der Waals surface area contributed by atoms with Crippen LogP contribution in [0.2, 0.25) is 5.02 Å². The van der Waals surface area contributed by atoms with E-state index in [4.69, 9.17) is 11.6 Å². The molecule has 0 spiro atoms.